The van der Waals surface area contributed by atoms with Crippen molar-refractivity contribution in [3.05, 3.63) is 65.9 Å². The summed E-state index contributed by atoms with van der Waals surface area (Å²) >= 11 is 0. The largest absolute Gasteiger partial charge is 0.469 e. The van der Waals surface area contributed by atoms with Crippen LogP contribution < -0.4 is 5.32 Å². The van der Waals surface area contributed by atoms with Gasteiger partial charge in [-0.15, -0.1) is 0 Å². The van der Waals surface area contributed by atoms with Gasteiger partial charge in [0.1, 0.15) is 5.60 Å². The summed E-state index contributed by atoms with van der Waals surface area (Å²) in [4.78, 5) is 24.8. The van der Waals surface area contributed by atoms with Crippen LogP contribution in [0.5, 0.6) is 0 Å². The Balaban J connectivity index is 2.19. The van der Waals surface area contributed by atoms with Crippen molar-refractivity contribution in [1.29, 1.82) is 0 Å². The molecular formula is C24H28N2O6S. The molecule has 8 nitrogen and oxygen atoms in total. The van der Waals surface area contributed by atoms with E-state index in [1.165, 1.54) is 19.2 Å². The highest BCUT2D eigenvalue weighted by molar-refractivity contribution is 7.90. The lowest BCUT2D eigenvalue weighted by Crippen LogP contribution is -2.37. The predicted molar refractivity (Wildman–Crippen MR) is 124 cm³/mol. The molecule has 0 saturated heterocycles. The number of hydrogen-bond donors (Lipinski definition) is 1. The van der Waals surface area contributed by atoms with Crippen molar-refractivity contribution in [2.24, 2.45) is 0 Å². The number of carbonyl (C=O) groups is 2. The summed E-state index contributed by atoms with van der Waals surface area (Å²) in [6.07, 6.45) is -1.06. The van der Waals surface area contributed by atoms with Crippen molar-refractivity contribution >= 4 is 33.0 Å². The number of nitrogens with one attached hydrogen (secondary N) is 1. The van der Waals surface area contributed by atoms with E-state index in [0.717, 1.165) is 9.54 Å². The molecule has 0 bridgehead atoms. The van der Waals surface area contributed by atoms with Crippen LogP contribution >= 0.6 is 0 Å². The van der Waals surface area contributed by atoms with Crippen molar-refractivity contribution in [2.45, 2.75) is 50.7 Å². The summed E-state index contributed by atoms with van der Waals surface area (Å²) in [5.41, 5.74) is 0.782. The van der Waals surface area contributed by atoms with Crippen LogP contribution in [0.1, 0.15) is 44.5 Å². The summed E-state index contributed by atoms with van der Waals surface area (Å²) < 4.78 is 38.7. The summed E-state index contributed by atoms with van der Waals surface area (Å²) in [6, 6.07) is 14.1. The first-order valence-corrected chi connectivity index (χ1v) is 11.9. The standard InChI is InChI=1S/C24H28N2O6S/c1-16-10-12-18(13-11-16)33(29,30)26-20-9-7-6-8-17(20)14-21(26)19(15-22(27)31-5)25-23(28)32-24(2,3)4/h6-14,19H,15H2,1-5H3,(H,25,28)/t19-/m0/s1. The van der Waals surface area contributed by atoms with Gasteiger partial charge in [-0.1, -0.05) is 35.9 Å². The van der Waals surface area contributed by atoms with E-state index in [1.807, 2.05) is 6.92 Å². The number of alkyl carbamates (subject to hydrolysis) is 1. The second-order valence-corrected chi connectivity index (χ2v) is 10.5. The van der Waals surface area contributed by atoms with Crippen LogP contribution in [0, 0.1) is 6.92 Å². The second kappa shape index (κ2) is 9.27. The van der Waals surface area contributed by atoms with Crippen LogP contribution in [-0.2, 0) is 24.3 Å². The zero-order chi connectivity index (χ0) is 24.4. The molecule has 3 aromatic rings. The number of para-hydroxylation sites is 1. The number of methoxy groups -OCH3 is 1. The maximum absolute atomic E-state index is 13.7. The van der Waals surface area contributed by atoms with Crippen LogP contribution in [0.15, 0.2) is 59.5 Å². The molecule has 0 aliphatic carbocycles. The van der Waals surface area contributed by atoms with Gasteiger partial charge < -0.3 is 14.8 Å². The van der Waals surface area contributed by atoms with Gasteiger partial charge in [-0.05, 0) is 52.0 Å². The first-order chi connectivity index (χ1) is 15.4. The van der Waals surface area contributed by atoms with Gasteiger partial charge in [0, 0.05) is 5.39 Å². The van der Waals surface area contributed by atoms with Gasteiger partial charge in [0.2, 0.25) is 0 Å². The fraction of sp³-hybridized carbons (Fsp3) is 0.333. The molecule has 1 aromatic heterocycles. The zero-order valence-corrected chi connectivity index (χ0v) is 20.1. The van der Waals surface area contributed by atoms with Crippen LogP contribution in [0.4, 0.5) is 4.79 Å². The first kappa shape index (κ1) is 24.3. The molecule has 3 rings (SSSR count). The SMILES string of the molecule is COC(=O)C[C@H](NC(=O)OC(C)(C)C)c1cc2ccccc2n1S(=O)(=O)c1ccc(C)cc1. The third-order valence-corrected chi connectivity index (χ3v) is 6.66. The van der Waals surface area contributed by atoms with Gasteiger partial charge in [0.25, 0.3) is 10.0 Å². The summed E-state index contributed by atoms with van der Waals surface area (Å²) in [7, 11) is -2.83. The molecular weight excluding hydrogens is 444 g/mol. The normalized spacial score (nSPS) is 12.9. The van der Waals surface area contributed by atoms with E-state index in [1.54, 1.807) is 63.2 Å². The molecule has 33 heavy (non-hydrogen) atoms. The zero-order valence-electron chi connectivity index (χ0n) is 19.3. The first-order valence-electron chi connectivity index (χ1n) is 10.4. The molecule has 0 unspecified atom stereocenters. The minimum Gasteiger partial charge on any atom is -0.469 e. The molecule has 176 valence electrons. The molecule has 0 saturated carbocycles. The maximum atomic E-state index is 13.7. The molecule has 0 aliphatic heterocycles. The Morgan fingerprint density at radius 2 is 1.70 bits per heavy atom. The van der Waals surface area contributed by atoms with Crippen molar-refractivity contribution < 1.29 is 27.5 Å². The van der Waals surface area contributed by atoms with E-state index in [0.29, 0.717) is 10.9 Å². The minimum absolute atomic E-state index is 0.0878. The number of nitrogens with zero attached hydrogens (tertiary/aromatic N) is 1. The van der Waals surface area contributed by atoms with Gasteiger partial charge in [0.05, 0.1) is 35.7 Å². The number of amides is 1. The molecule has 1 N–H and O–H groups in total. The van der Waals surface area contributed by atoms with Crippen molar-refractivity contribution in [1.82, 2.24) is 9.29 Å². The number of ether oxygens (including phenoxy) is 2. The topological polar surface area (TPSA) is 104 Å². The Bertz CT molecular complexity index is 1270. The smallest absolute Gasteiger partial charge is 0.408 e. The number of rotatable bonds is 6. The minimum atomic E-state index is -4.06. The number of carbonyl (C=O) groups excluding carboxylic acids is 2. The predicted octanol–water partition coefficient (Wildman–Crippen LogP) is 4.32. The summed E-state index contributed by atoms with van der Waals surface area (Å²) in [5.74, 6) is -0.611. The molecule has 9 heteroatoms. The fourth-order valence-electron chi connectivity index (χ4n) is 3.41. The average molecular weight is 473 g/mol. The molecule has 0 spiro atoms. The Morgan fingerprint density at radius 3 is 2.30 bits per heavy atom. The van der Waals surface area contributed by atoms with Gasteiger partial charge in [-0.2, -0.15) is 0 Å². The Morgan fingerprint density at radius 1 is 1.06 bits per heavy atom. The van der Waals surface area contributed by atoms with Crippen LogP contribution in [0.3, 0.4) is 0 Å². The van der Waals surface area contributed by atoms with Crippen molar-refractivity contribution in [3.63, 3.8) is 0 Å². The van der Waals surface area contributed by atoms with Gasteiger partial charge in [-0.25, -0.2) is 17.2 Å². The number of fused-ring (bicyclic) bond motifs is 1. The molecule has 0 aliphatic rings. The highest BCUT2D eigenvalue weighted by Gasteiger charge is 2.31. The van der Waals surface area contributed by atoms with Crippen LogP contribution in [0.2, 0.25) is 0 Å². The lowest BCUT2D eigenvalue weighted by Gasteiger charge is -2.24. The van der Waals surface area contributed by atoms with Gasteiger partial charge >= 0.3 is 12.1 Å². The van der Waals surface area contributed by atoms with Crippen molar-refractivity contribution in [3.8, 4) is 0 Å². The molecule has 0 fully saturated rings. The van der Waals surface area contributed by atoms with Gasteiger partial charge in [0.15, 0.2) is 0 Å². The highest BCUT2D eigenvalue weighted by Crippen LogP contribution is 2.31. The lowest BCUT2D eigenvalue weighted by atomic mass is 10.1. The third kappa shape index (κ3) is 5.54. The molecule has 0 radical (unpaired) electrons. The van der Waals surface area contributed by atoms with E-state index in [9.17, 15) is 18.0 Å². The fourth-order valence-corrected chi connectivity index (χ4v) is 4.98. The quantitative estimate of drug-likeness (QED) is 0.536. The molecule has 2 aromatic carbocycles. The monoisotopic (exact) mass is 472 g/mol. The van der Waals surface area contributed by atoms with E-state index < -0.39 is 33.7 Å². The number of hydrogen-bond acceptors (Lipinski definition) is 6. The van der Waals surface area contributed by atoms with E-state index in [-0.39, 0.29) is 17.0 Å². The molecule has 1 atom stereocenters. The summed E-state index contributed by atoms with van der Waals surface area (Å²) in [6.45, 7) is 6.99. The van der Waals surface area contributed by atoms with Gasteiger partial charge in [-0.3, -0.25) is 4.79 Å². The second-order valence-electron chi connectivity index (χ2n) is 8.69. The Labute approximate surface area is 193 Å². The van der Waals surface area contributed by atoms with E-state index in [4.69, 9.17) is 9.47 Å². The number of aryl methyl sites for hydroxylation is 1. The highest BCUT2D eigenvalue weighted by atomic mass is 32.2. The van der Waals surface area contributed by atoms with Crippen molar-refractivity contribution in [2.75, 3.05) is 7.11 Å². The number of esters is 1. The number of aromatic nitrogens is 1. The molecule has 1 heterocycles. The van der Waals surface area contributed by atoms with Crippen LogP contribution in [-0.4, -0.2) is 37.2 Å². The Hall–Kier alpha value is -3.33. The number of benzene rings is 2. The molecule has 1 amide bonds. The Kier molecular flexibility index (Phi) is 6.83. The lowest BCUT2D eigenvalue weighted by molar-refractivity contribution is -0.141. The third-order valence-electron chi connectivity index (χ3n) is 4.90. The summed E-state index contributed by atoms with van der Waals surface area (Å²) in [5, 5.41) is 3.28. The average Bonchev–Trinajstić information content (AvgIpc) is 3.12. The van der Waals surface area contributed by atoms with E-state index >= 15 is 0 Å². The van der Waals surface area contributed by atoms with E-state index in [2.05, 4.69) is 5.32 Å². The van der Waals surface area contributed by atoms with Crippen LogP contribution in [0.25, 0.3) is 10.9 Å². The maximum Gasteiger partial charge on any atom is 0.408 e.